The summed E-state index contributed by atoms with van der Waals surface area (Å²) in [4.78, 5) is 22.8. The zero-order valence-electron chi connectivity index (χ0n) is 9.60. The summed E-state index contributed by atoms with van der Waals surface area (Å²) in [7, 11) is 1.57. The third kappa shape index (κ3) is 2.16. The fraction of sp³-hybridized carbons (Fsp3) is 0.385. The van der Waals surface area contributed by atoms with Crippen LogP contribution in [-0.4, -0.2) is 24.0 Å². The molecule has 0 saturated carbocycles. The predicted octanol–water partition coefficient (Wildman–Crippen LogP) is 1.92. The second-order valence-corrected chi connectivity index (χ2v) is 4.18. The number of fused-ring (bicyclic) bond motifs is 1. The van der Waals surface area contributed by atoms with Crippen LogP contribution in [0.25, 0.3) is 0 Å². The third-order valence-corrected chi connectivity index (χ3v) is 3.15. The Labute approximate surface area is 99.2 Å². The number of carboxylic acids is 1. The predicted molar refractivity (Wildman–Crippen MR) is 61.4 cm³/mol. The molecule has 0 amide bonds. The van der Waals surface area contributed by atoms with E-state index < -0.39 is 11.9 Å². The van der Waals surface area contributed by atoms with Crippen molar-refractivity contribution in [3.63, 3.8) is 0 Å². The fourth-order valence-electron chi connectivity index (χ4n) is 2.32. The molecule has 17 heavy (non-hydrogen) atoms. The number of carbonyl (C=O) groups is 2. The van der Waals surface area contributed by atoms with Gasteiger partial charge in [-0.15, -0.1) is 0 Å². The lowest BCUT2D eigenvalue weighted by atomic mass is 9.81. The molecule has 1 atom stereocenters. The minimum Gasteiger partial charge on any atom is -0.496 e. The van der Waals surface area contributed by atoms with Crippen LogP contribution < -0.4 is 4.74 Å². The molecule has 0 fully saturated rings. The Morgan fingerprint density at radius 2 is 2.29 bits per heavy atom. The molecule has 1 aromatic carbocycles. The Morgan fingerprint density at radius 1 is 1.53 bits per heavy atom. The Bertz CT molecular complexity index is 464. The molecule has 0 radical (unpaired) electrons. The largest absolute Gasteiger partial charge is 0.496 e. The number of carbonyl (C=O) groups excluding carboxylic acids is 1. The normalized spacial score (nSPS) is 18.6. The lowest BCUT2D eigenvalue weighted by Crippen LogP contribution is -2.25. The van der Waals surface area contributed by atoms with Gasteiger partial charge in [-0.3, -0.25) is 9.59 Å². The van der Waals surface area contributed by atoms with Gasteiger partial charge in [-0.05, 0) is 18.9 Å². The van der Waals surface area contributed by atoms with E-state index in [1.807, 2.05) is 6.07 Å². The van der Waals surface area contributed by atoms with E-state index in [9.17, 15) is 9.59 Å². The van der Waals surface area contributed by atoms with Gasteiger partial charge < -0.3 is 9.84 Å². The maximum absolute atomic E-state index is 12.1. The van der Waals surface area contributed by atoms with Crippen molar-refractivity contribution in [1.29, 1.82) is 0 Å². The highest BCUT2D eigenvalue weighted by Gasteiger charge is 2.30. The van der Waals surface area contributed by atoms with E-state index in [0.29, 0.717) is 24.2 Å². The first-order valence-electron chi connectivity index (χ1n) is 5.55. The maximum Gasteiger partial charge on any atom is 0.304 e. The summed E-state index contributed by atoms with van der Waals surface area (Å²) in [5.74, 6) is -0.682. The molecule has 0 heterocycles. The van der Waals surface area contributed by atoms with Crippen molar-refractivity contribution < 1.29 is 19.4 Å². The number of hydrogen-bond acceptors (Lipinski definition) is 3. The number of carboxylic acid groups (broad SMARTS) is 1. The van der Waals surface area contributed by atoms with Gasteiger partial charge in [0.05, 0.1) is 13.5 Å². The highest BCUT2D eigenvalue weighted by Crippen LogP contribution is 2.33. The summed E-state index contributed by atoms with van der Waals surface area (Å²) >= 11 is 0. The lowest BCUT2D eigenvalue weighted by Gasteiger charge is -2.23. The van der Waals surface area contributed by atoms with Crippen molar-refractivity contribution in [2.45, 2.75) is 19.3 Å². The number of methoxy groups -OCH3 is 1. The summed E-state index contributed by atoms with van der Waals surface area (Å²) in [6.07, 6.45) is 1.19. The monoisotopic (exact) mass is 234 g/mol. The average molecular weight is 234 g/mol. The minimum atomic E-state index is -0.922. The smallest absolute Gasteiger partial charge is 0.304 e. The average Bonchev–Trinajstić information content (AvgIpc) is 2.31. The Kier molecular flexibility index (Phi) is 3.13. The second kappa shape index (κ2) is 4.57. The van der Waals surface area contributed by atoms with Crippen LogP contribution in [0.5, 0.6) is 5.75 Å². The number of Topliss-reactive ketones (excluding diaryl/α,β-unsaturated/α-hetero) is 1. The van der Waals surface area contributed by atoms with Crippen LogP contribution in [0.2, 0.25) is 0 Å². The summed E-state index contributed by atoms with van der Waals surface area (Å²) < 4.78 is 5.21. The first-order valence-corrected chi connectivity index (χ1v) is 5.55. The van der Waals surface area contributed by atoms with E-state index in [-0.39, 0.29) is 12.2 Å². The van der Waals surface area contributed by atoms with E-state index in [4.69, 9.17) is 9.84 Å². The Balaban J connectivity index is 2.33. The standard InChI is InChI=1S/C13H14O4/c1-17-11-4-2-3-10-9(11)6-5-8(13(10)16)7-12(14)15/h2-4,8H,5-7H2,1H3,(H,14,15)/t8-/m1/s1. The molecule has 1 aromatic rings. The molecule has 90 valence electrons. The van der Waals surface area contributed by atoms with Crippen LogP contribution in [-0.2, 0) is 11.2 Å². The van der Waals surface area contributed by atoms with Crippen molar-refractivity contribution in [3.05, 3.63) is 29.3 Å². The molecular formula is C13H14O4. The lowest BCUT2D eigenvalue weighted by molar-refractivity contribution is -0.137. The number of ketones is 1. The van der Waals surface area contributed by atoms with E-state index in [1.165, 1.54) is 0 Å². The number of rotatable bonds is 3. The van der Waals surface area contributed by atoms with E-state index in [0.717, 1.165) is 5.56 Å². The Morgan fingerprint density at radius 3 is 2.94 bits per heavy atom. The summed E-state index contributed by atoms with van der Waals surface area (Å²) in [6.45, 7) is 0. The van der Waals surface area contributed by atoms with Crippen molar-refractivity contribution in [2.75, 3.05) is 7.11 Å². The van der Waals surface area contributed by atoms with Crippen molar-refractivity contribution in [1.82, 2.24) is 0 Å². The van der Waals surface area contributed by atoms with Gasteiger partial charge in [0.15, 0.2) is 5.78 Å². The second-order valence-electron chi connectivity index (χ2n) is 4.18. The third-order valence-electron chi connectivity index (χ3n) is 3.15. The maximum atomic E-state index is 12.1. The first kappa shape index (κ1) is 11.6. The van der Waals surface area contributed by atoms with Crippen LogP contribution in [0.15, 0.2) is 18.2 Å². The highest BCUT2D eigenvalue weighted by atomic mass is 16.5. The zero-order valence-corrected chi connectivity index (χ0v) is 9.60. The zero-order chi connectivity index (χ0) is 12.4. The molecule has 0 unspecified atom stereocenters. The number of aliphatic carboxylic acids is 1. The molecule has 0 bridgehead atoms. The van der Waals surface area contributed by atoms with Gasteiger partial charge in [0.1, 0.15) is 5.75 Å². The van der Waals surface area contributed by atoms with Gasteiger partial charge in [0.25, 0.3) is 0 Å². The van der Waals surface area contributed by atoms with Crippen molar-refractivity contribution in [2.24, 2.45) is 5.92 Å². The van der Waals surface area contributed by atoms with Crippen LogP contribution in [0.1, 0.15) is 28.8 Å². The molecule has 2 rings (SSSR count). The number of hydrogen-bond donors (Lipinski definition) is 1. The molecule has 0 aromatic heterocycles. The quantitative estimate of drug-likeness (QED) is 0.867. The highest BCUT2D eigenvalue weighted by molar-refractivity contribution is 6.02. The van der Waals surface area contributed by atoms with Crippen molar-refractivity contribution in [3.8, 4) is 5.75 Å². The SMILES string of the molecule is COc1cccc2c1CC[C@H](CC(=O)O)C2=O. The van der Waals surface area contributed by atoms with Gasteiger partial charge >= 0.3 is 5.97 Å². The van der Waals surface area contributed by atoms with Crippen LogP contribution in [0.4, 0.5) is 0 Å². The summed E-state index contributed by atoms with van der Waals surface area (Å²) in [5.41, 5.74) is 1.52. The molecule has 4 heteroatoms. The molecule has 1 aliphatic rings. The summed E-state index contributed by atoms with van der Waals surface area (Å²) in [5, 5.41) is 8.76. The number of ether oxygens (including phenoxy) is 1. The van der Waals surface area contributed by atoms with Crippen LogP contribution >= 0.6 is 0 Å². The first-order chi connectivity index (χ1) is 8.13. The molecule has 0 aliphatic heterocycles. The van der Waals surface area contributed by atoms with E-state index in [2.05, 4.69) is 0 Å². The van der Waals surface area contributed by atoms with Gasteiger partial charge in [0, 0.05) is 17.0 Å². The molecule has 0 spiro atoms. The van der Waals surface area contributed by atoms with Gasteiger partial charge in [0.2, 0.25) is 0 Å². The molecule has 1 N–H and O–H groups in total. The van der Waals surface area contributed by atoms with E-state index >= 15 is 0 Å². The fourth-order valence-corrected chi connectivity index (χ4v) is 2.32. The topological polar surface area (TPSA) is 63.6 Å². The molecule has 4 nitrogen and oxygen atoms in total. The molecule has 1 aliphatic carbocycles. The molecule has 0 saturated heterocycles. The molecular weight excluding hydrogens is 220 g/mol. The van der Waals surface area contributed by atoms with Gasteiger partial charge in [-0.1, -0.05) is 12.1 Å². The Hall–Kier alpha value is -1.84. The minimum absolute atomic E-state index is 0.0763. The van der Waals surface area contributed by atoms with E-state index in [1.54, 1.807) is 19.2 Å². The van der Waals surface area contributed by atoms with Gasteiger partial charge in [-0.25, -0.2) is 0 Å². The van der Waals surface area contributed by atoms with Crippen LogP contribution in [0, 0.1) is 5.92 Å². The summed E-state index contributed by atoms with van der Waals surface area (Å²) in [6, 6.07) is 5.33. The van der Waals surface area contributed by atoms with Crippen molar-refractivity contribution >= 4 is 11.8 Å². The van der Waals surface area contributed by atoms with Gasteiger partial charge in [-0.2, -0.15) is 0 Å². The number of benzene rings is 1. The van der Waals surface area contributed by atoms with Crippen LogP contribution in [0.3, 0.4) is 0 Å².